The molecule has 0 aliphatic carbocycles. The van der Waals surface area contributed by atoms with E-state index < -0.39 is 11.6 Å². The molecule has 0 spiro atoms. The van der Waals surface area contributed by atoms with E-state index in [4.69, 9.17) is 5.73 Å². The van der Waals surface area contributed by atoms with Crippen molar-refractivity contribution in [3.63, 3.8) is 0 Å². The molecular weight excluding hydrogens is 268 g/mol. The van der Waals surface area contributed by atoms with Gasteiger partial charge in [-0.2, -0.15) is 0 Å². The minimum absolute atomic E-state index is 0.190. The topological polar surface area (TPSA) is 26.0 Å². The Balaban J connectivity index is 2.13. The number of nitrogens with two attached hydrogens (primary N) is 1. The number of hydrogen-bond donors (Lipinski definition) is 1. The third kappa shape index (κ3) is 3.88. The van der Waals surface area contributed by atoms with Crippen LogP contribution in [0, 0.1) is 32.4 Å². The molecule has 112 valence electrons. The Morgan fingerprint density at radius 1 is 0.952 bits per heavy atom. The molecule has 0 radical (unpaired) electrons. The molecule has 0 saturated carbocycles. The fourth-order valence-corrected chi connectivity index (χ4v) is 2.84. The molecule has 1 unspecified atom stereocenters. The van der Waals surface area contributed by atoms with Crippen molar-refractivity contribution in [1.82, 2.24) is 0 Å². The average molecular weight is 289 g/mol. The molecule has 3 heteroatoms. The molecule has 2 aromatic carbocycles. The summed E-state index contributed by atoms with van der Waals surface area (Å²) in [5.41, 5.74) is 11.5. The summed E-state index contributed by atoms with van der Waals surface area (Å²) >= 11 is 0. The molecule has 0 aliphatic rings. The second kappa shape index (κ2) is 6.35. The summed E-state index contributed by atoms with van der Waals surface area (Å²) in [6.45, 7) is 6.21. The van der Waals surface area contributed by atoms with Crippen LogP contribution >= 0.6 is 0 Å². The number of rotatable bonds is 4. The predicted molar refractivity (Wildman–Crippen MR) is 82.4 cm³/mol. The highest BCUT2D eigenvalue weighted by Crippen LogP contribution is 2.19. The van der Waals surface area contributed by atoms with Crippen LogP contribution < -0.4 is 5.73 Å². The van der Waals surface area contributed by atoms with Gasteiger partial charge in [-0.3, -0.25) is 0 Å². The van der Waals surface area contributed by atoms with E-state index in [-0.39, 0.29) is 6.04 Å². The highest BCUT2D eigenvalue weighted by molar-refractivity contribution is 5.38. The Morgan fingerprint density at radius 2 is 1.57 bits per heavy atom. The third-order valence-corrected chi connectivity index (χ3v) is 3.80. The molecule has 1 atom stereocenters. The summed E-state index contributed by atoms with van der Waals surface area (Å²) < 4.78 is 26.6. The summed E-state index contributed by atoms with van der Waals surface area (Å²) in [5, 5.41) is 0. The van der Waals surface area contributed by atoms with Crippen molar-refractivity contribution >= 4 is 0 Å². The Hall–Kier alpha value is -1.74. The van der Waals surface area contributed by atoms with Crippen molar-refractivity contribution in [2.24, 2.45) is 5.73 Å². The quantitative estimate of drug-likeness (QED) is 0.904. The summed E-state index contributed by atoms with van der Waals surface area (Å²) in [6.07, 6.45) is 1.09. The van der Waals surface area contributed by atoms with Gasteiger partial charge in [0.15, 0.2) is 0 Å². The van der Waals surface area contributed by atoms with Crippen LogP contribution in [0.15, 0.2) is 30.3 Å². The maximum atomic E-state index is 13.7. The predicted octanol–water partition coefficient (Wildman–Crippen LogP) is 4.00. The van der Waals surface area contributed by atoms with Crippen LogP contribution in [-0.4, -0.2) is 6.04 Å². The van der Waals surface area contributed by atoms with Crippen molar-refractivity contribution in [3.8, 4) is 0 Å². The first kappa shape index (κ1) is 15.6. The molecule has 0 aromatic heterocycles. The fraction of sp³-hybridized carbons (Fsp3) is 0.333. The minimum atomic E-state index is -0.560. The average Bonchev–Trinajstić information content (AvgIpc) is 2.37. The molecule has 1 nitrogen and oxygen atoms in total. The molecule has 2 N–H and O–H groups in total. The number of hydrogen-bond acceptors (Lipinski definition) is 1. The number of halogens is 2. The summed E-state index contributed by atoms with van der Waals surface area (Å²) in [4.78, 5) is 0. The number of benzene rings is 2. The largest absolute Gasteiger partial charge is 0.327 e. The van der Waals surface area contributed by atoms with Gasteiger partial charge in [0, 0.05) is 12.1 Å². The van der Waals surface area contributed by atoms with E-state index >= 15 is 0 Å². The Bertz CT molecular complexity index is 627. The van der Waals surface area contributed by atoms with E-state index in [1.165, 1.54) is 34.4 Å². The van der Waals surface area contributed by atoms with Gasteiger partial charge in [-0.15, -0.1) is 0 Å². The summed E-state index contributed by atoms with van der Waals surface area (Å²) in [5.74, 6) is -1.09. The van der Waals surface area contributed by atoms with Gasteiger partial charge in [0.2, 0.25) is 0 Å². The SMILES string of the molecule is Cc1cc(C)c(CC(N)Cc2ccc(F)cc2F)c(C)c1. The summed E-state index contributed by atoms with van der Waals surface area (Å²) in [6, 6.07) is 7.73. The highest BCUT2D eigenvalue weighted by atomic mass is 19.1. The van der Waals surface area contributed by atoms with Crippen molar-refractivity contribution in [2.45, 2.75) is 39.7 Å². The molecule has 2 rings (SSSR count). The smallest absolute Gasteiger partial charge is 0.129 e. The Labute approximate surface area is 124 Å². The Morgan fingerprint density at radius 3 is 2.14 bits per heavy atom. The van der Waals surface area contributed by atoms with Crippen LogP contribution in [0.25, 0.3) is 0 Å². The maximum Gasteiger partial charge on any atom is 0.129 e. The molecule has 0 saturated heterocycles. The molecule has 0 heterocycles. The van der Waals surface area contributed by atoms with Crippen LogP contribution in [0.2, 0.25) is 0 Å². The van der Waals surface area contributed by atoms with Gasteiger partial charge in [0.1, 0.15) is 11.6 Å². The molecular formula is C18H21F2N. The van der Waals surface area contributed by atoms with Crippen LogP contribution in [0.4, 0.5) is 8.78 Å². The second-order valence-electron chi connectivity index (χ2n) is 5.78. The first-order chi connectivity index (χ1) is 9.86. The molecule has 0 bridgehead atoms. The normalized spacial score (nSPS) is 12.5. The highest BCUT2D eigenvalue weighted by Gasteiger charge is 2.13. The zero-order chi connectivity index (χ0) is 15.6. The molecule has 0 fully saturated rings. The van der Waals surface area contributed by atoms with Crippen molar-refractivity contribution in [3.05, 3.63) is 69.8 Å². The standard InChI is InChI=1S/C18H21F2N/c1-11-6-12(2)17(13(3)7-11)10-16(21)8-14-4-5-15(19)9-18(14)20/h4-7,9,16H,8,10,21H2,1-3H3. The van der Waals surface area contributed by atoms with Gasteiger partial charge in [-0.25, -0.2) is 8.78 Å². The van der Waals surface area contributed by atoms with E-state index in [9.17, 15) is 8.78 Å². The lowest BCUT2D eigenvalue weighted by molar-refractivity contribution is 0.558. The molecule has 2 aromatic rings. The lowest BCUT2D eigenvalue weighted by Gasteiger charge is -2.17. The zero-order valence-electron chi connectivity index (χ0n) is 12.7. The van der Waals surface area contributed by atoms with Crippen molar-refractivity contribution in [2.75, 3.05) is 0 Å². The molecule has 0 amide bonds. The van der Waals surface area contributed by atoms with E-state index in [1.54, 1.807) is 0 Å². The Kier molecular flexibility index (Phi) is 4.73. The van der Waals surface area contributed by atoms with E-state index in [2.05, 4.69) is 32.9 Å². The number of aryl methyl sites for hydroxylation is 3. The molecule has 0 aliphatic heterocycles. The van der Waals surface area contributed by atoms with E-state index in [1.807, 2.05) is 0 Å². The van der Waals surface area contributed by atoms with Gasteiger partial charge in [0.25, 0.3) is 0 Å². The monoisotopic (exact) mass is 289 g/mol. The molecule has 21 heavy (non-hydrogen) atoms. The van der Waals surface area contributed by atoms with Gasteiger partial charge in [0.05, 0.1) is 0 Å². The van der Waals surface area contributed by atoms with Crippen molar-refractivity contribution < 1.29 is 8.78 Å². The van der Waals surface area contributed by atoms with Gasteiger partial charge in [-0.05, 0) is 61.9 Å². The first-order valence-electron chi connectivity index (χ1n) is 7.13. The first-order valence-corrected chi connectivity index (χ1v) is 7.13. The van der Waals surface area contributed by atoms with Gasteiger partial charge >= 0.3 is 0 Å². The fourth-order valence-electron chi connectivity index (χ4n) is 2.84. The zero-order valence-corrected chi connectivity index (χ0v) is 12.7. The van der Waals surface area contributed by atoms with Crippen LogP contribution in [0.3, 0.4) is 0 Å². The maximum absolute atomic E-state index is 13.7. The van der Waals surface area contributed by atoms with Crippen LogP contribution in [0.1, 0.15) is 27.8 Å². The van der Waals surface area contributed by atoms with Gasteiger partial charge in [-0.1, -0.05) is 23.8 Å². The van der Waals surface area contributed by atoms with E-state index in [0.717, 1.165) is 6.07 Å². The van der Waals surface area contributed by atoms with E-state index in [0.29, 0.717) is 18.4 Å². The van der Waals surface area contributed by atoms with Gasteiger partial charge < -0.3 is 5.73 Å². The minimum Gasteiger partial charge on any atom is -0.327 e. The lowest BCUT2D eigenvalue weighted by atomic mass is 9.92. The van der Waals surface area contributed by atoms with Crippen LogP contribution in [0.5, 0.6) is 0 Å². The second-order valence-corrected chi connectivity index (χ2v) is 5.78. The summed E-state index contributed by atoms with van der Waals surface area (Å²) in [7, 11) is 0. The van der Waals surface area contributed by atoms with Crippen LogP contribution in [-0.2, 0) is 12.8 Å². The third-order valence-electron chi connectivity index (χ3n) is 3.80. The van der Waals surface area contributed by atoms with Crippen molar-refractivity contribution in [1.29, 1.82) is 0 Å². The lowest BCUT2D eigenvalue weighted by Crippen LogP contribution is -2.26.